The van der Waals surface area contributed by atoms with Crippen molar-refractivity contribution in [1.29, 1.82) is 0 Å². The maximum absolute atomic E-state index is 10.2. The van der Waals surface area contributed by atoms with Crippen LogP contribution in [0.3, 0.4) is 0 Å². The lowest BCUT2D eigenvalue weighted by molar-refractivity contribution is 0.215. The molecule has 0 aliphatic heterocycles. The molecule has 1 rings (SSSR count). The quantitative estimate of drug-likeness (QED) is 0.542. The molecule has 12 heavy (non-hydrogen) atoms. The van der Waals surface area contributed by atoms with Crippen molar-refractivity contribution in [3.05, 3.63) is 35.9 Å². The highest BCUT2D eigenvalue weighted by Gasteiger charge is 2.07. The molecule has 2 unspecified atom stereocenters. The standard InChI is InChI=1S/C7H9NO3S/c8-7(11-12(9)10)6-4-2-1-3-5-6/h1-5,7H,8H2,(H,9,10). The van der Waals surface area contributed by atoms with Crippen LogP contribution in [0.4, 0.5) is 0 Å². The van der Waals surface area contributed by atoms with Crippen molar-refractivity contribution in [2.45, 2.75) is 6.23 Å². The smallest absolute Gasteiger partial charge is 0.301 e. The van der Waals surface area contributed by atoms with Crippen LogP contribution in [0.15, 0.2) is 30.3 Å². The molecule has 0 aliphatic rings. The van der Waals surface area contributed by atoms with Gasteiger partial charge in [0, 0.05) is 0 Å². The molecular weight excluding hydrogens is 178 g/mol. The van der Waals surface area contributed by atoms with Crippen LogP contribution in [0.2, 0.25) is 0 Å². The summed E-state index contributed by atoms with van der Waals surface area (Å²) in [7, 11) is 0. The third-order valence-electron chi connectivity index (χ3n) is 1.31. The summed E-state index contributed by atoms with van der Waals surface area (Å²) in [6.45, 7) is 0. The minimum absolute atomic E-state index is 0.667. The number of benzene rings is 1. The Bertz CT molecular complexity index is 265. The molecule has 5 heteroatoms. The Morgan fingerprint density at radius 2 is 2.00 bits per heavy atom. The SMILES string of the molecule is NC(OS(=O)O)c1ccccc1. The van der Waals surface area contributed by atoms with Crippen LogP contribution in [-0.4, -0.2) is 8.76 Å². The summed E-state index contributed by atoms with van der Waals surface area (Å²) < 4.78 is 23.0. The van der Waals surface area contributed by atoms with Gasteiger partial charge in [-0.1, -0.05) is 30.3 Å². The molecule has 2 atom stereocenters. The van der Waals surface area contributed by atoms with Gasteiger partial charge in [0.05, 0.1) is 0 Å². The molecule has 0 radical (unpaired) electrons. The second-order valence-electron chi connectivity index (χ2n) is 2.14. The van der Waals surface area contributed by atoms with Crippen LogP contribution in [0.5, 0.6) is 0 Å². The maximum atomic E-state index is 10.2. The molecule has 0 saturated heterocycles. The Labute approximate surface area is 72.8 Å². The molecule has 1 aromatic rings. The molecule has 3 N–H and O–H groups in total. The first-order valence-electron chi connectivity index (χ1n) is 3.28. The number of hydrogen-bond acceptors (Lipinski definition) is 3. The third-order valence-corrected chi connectivity index (χ3v) is 1.69. The Morgan fingerprint density at radius 3 is 2.50 bits per heavy atom. The van der Waals surface area contributed by atoms with Gasteiger partial charge >= 0.3 is 11.4 Å². The van der Waals surface area contributed by atoms with Crippen molar-refractivity contribution >= 4 is 11.4 Å². The number of rotatable bonds is 3. The van der Waals surface area contributed by atoms with E-state index in [9.17, 15) is 4.21 Å². The summed E-state index contributed by atoms with van der Waals surface area (Å²) in [5.74, 6) is 0. The predicted molar refractivity (Wildman–Crippen MR) is 45.2 cm³/mol. The maximum Gasteiger partial charge on any atom is 0.303 e. The average Bonchev–Trinajstić information content (AvgIpc) is 2.05. The number of nitrogens with two attached hydrogens (primary N) is 1. The van der Waals surface area contributed by atoms with Gasteiger partial charge < -0.3 is 5.73 Å². The van der Waals surface area contributed by atoms with E-state index in [-0.39, 0.29) is 0 Å². The lowest BCUT2D eigenvalue weighted by Gasteiger charge is -2.08. The topological polar surface area (TPSA) is 72.5 Å². The minimum Gasteiger partial charge on any atom is -0.301 e. The van der Waals surface area contributed by atoms with Gasteiger partial charge in [-0.15, -0.1) is 0 Å². The highest BCUT2D eigenvalue weighted by Crippen LogP contribution is 2.10. The van der Waals surface area contributed by atoms with E-state index in [2.05, 4.69) is 4.18 Å². The number of hydrogen-bond donors (Lipinski definition) is 2. The first-order valence-corrected chi connectivity index (χ1v) is 4.32. The van der Waals surface area contributed by atoms with Gasteiger partial charge in [-0.05, 0) is 5.56 Å². The fourth-order valence-electron chi connectivity index (χ4n) is 0.787. The van der Waals surface area contributed by atoms with Crippen molar-refractivity contribution in [3.63, 3.8) is 0 Å². The molecule has 0 fully saturated rings. The van der Waals surface area contributed by atoms with Crippen LogP contribution in [0.1, 0.15) is 11.8 Å². The average molecular weight is 187 g/mol. The van der Waals surface area contributed by atoms with E-state index >= 15 is 0 Å². The van der Waals surface area contributed by atoms with Gasteiger partial charge in [0.25, 0.3) is 0 Å². The Hall–Kier alpha value is -0.750. The van der Waals surface area contributed by atoms with Crippen LogP contribution in [0.25, 0.3) is 0 Å². The van der Waals surface area contributed by atoms with Gasteiger partial charge in [0.1, 0.15) is 0 Å². The van der Waals surface area contributed by atoms with Crippen molar-refractivity contribution in [3.8, 4) is 0 Å². The van der Waals surface area contributed by atoms with Gasteiger partial charge in [-0.3, -0.25) is 4.55 Å². The molecule has 4 nitrogen and oxygen atoms in total. The second-order valence-corrected chi connectivity index (χ2v) is 2.77. The van der Waals surface area contributed by atoms with Crippen molar-refractivity contribution in [2.24, 2.45) is 5.73 Å². The molecular formula is C7H9NO3S. The Balaban J connectivity index is 2.65. The lowest BCUT2D eigenvalue weighted by atomic mass is 10.2. The third kappa shape index (κ3) is 2.71. The van der Waals surface area contributed by atoms with Crippen LogP contribution < -0.4 is 5.73 Å². The van der Waals surface area contributed by atoms with E-state index in [0.717, 1.165) is 0 Å². The van der Waals surface area contributed by atoms with E-state index < -0.39 is 17.6 Å². The zero-order valence-corrected chi connectivity index (χ0v) is 7.03. The van der Waals surface area contributed by atoms with Gasteiger partial charge in [0.2, 0.25) is 0 Å². The van der Waals surface area contributed by atoms with Gasteiger partial charge in [-0.25, -0.2) is 4.18 Å². The molecule has 0 aromatic heterocycles. The molecule has 0 aliphatic carbocycles. The summed E-state index contributed by atoms with van der Waals surface area (Å²) in [6, 6.07) is 8.82. The highest BCUT2D eigenvalue weighted by atomic mass is 32.2. The zero-order chi connectivity index (χ0) is 8.97. The fourth-order valence-corrected chi connectivity index (χ4v) is 1.08. The van der Waals surface area contributed by atoms with Crippen LogP contribution in [0, 0.1) is 0 Å². The second kappa shape index (κ2) is 4.32. The van der Waals surface area contributed by atoms with Gasteiger partial charge in [-0.2, -0.15) is 4.21 Å². The van der Waals surface area contributed by atoms with Crippen molar-refractivity contribution in [1.82, 2.24) is 0 Å². The largest absolute Gasteiger partial charge is 0.303 e. The molecule has 1 aromatic carbocycles. The molecule has 0 heterocycles. The summed E-state index contributed by atoms with van der Waals surface area (Å²) in [5, 5.41) is 0. The Kier molecular flexibility index (Phi) is 3.36. The first kappa shape index (κ1) is 9.34. The first-order chi connectivity index (χ1) is 5.70. The van der Waals surface area contributed by atoms with E-state index in [1.807, 2.05) is 6.07 Å². The summed E-state index contributed by atoms with van der Waals surface area (Å²) in [4.78, 5) is 0. The lowest BCUT2D eigenvalue weighted by Crippen LogP contribution is -2.15. The molecule has 66 valence electrons. The summed E-state index contributed by atoms with van der Waals surface area (Å²) >= 11 is -2.32. The molecule has 0 amide bonds. The van der Waals surface area contributed by atoms with Crippen LogP contribution >= 0.6 is 0 Å². The monoisotopic (exact) mass is 187 g/mol. The summed E-state index contributed by atoms with van der Waals surface area (Å²) in [6.07, 6.45) is -0.850. The Morgan fingerprint density at radius 1 is 1.42 bits per heavy atom. The van der Waals surface area contributed by atoms with Crippen molar-refractivity contribution in [2.75, 3.05) is 0 Å². The van der Waals surface area contributed by atoms with E-state index in [4.69, 9.17) is 10.3 Å². The van der Waals surface area contributed by atoms with Crippen molar-refractivity contribution < 1.29 is 12.9 Å². The van der Waals surface area contributed by atoms with E-state index in [0.29, 0.717) is 5.56 Å². The van der Waals surface area contributed by atoms with Gasteiger partial charge in [0.15, 0.2) is 6.23 Å². The van der Waals surface area contributed by atoms with E-state index in [1.165, 1.54) is 0 Å². The molecule has 0 saturated carbocycles. The predicted octanol–water partition coefficient (Wildman–Crippen LogP) is 0.797. The van der Waals surface area contributed by atoms with Crippen LogP contribution in [-0.2, 0) is 15.5 Å². The zero-order valence-electron chi connectivity index (χ0n) is 6.21. The fraction of sp³-hybridized carbons (Fsp3) is 0.143. The van der Waals surface area contributed by atoms with E-state index in [1.54, 1.807) is 24.3 Å². The summed E-state index contributed by atoms with van der Waals surface area (Å²) in [5.41, 5.74) is 6.09. The molecule has 0 spiro atoms. The highest BCUT2D eigenvalue weighted by molar-refractivity contribution is 7.74. The molecule has 0 bridgehead atoms. The minimum atomic E-state index is -2.32. The normalized spacial score (nSPS) is 15.5.